The molecule has 0 saturated heterocycles. The van der Waals surface area contributed by atoms with Crippen molar-refractivity contribution in [2.24, 2.45) is 0 Å². The maximum atomic E-state index is 11.9. The Morgan fingerprint density at radius 1 is 0.957 bits per heavy atom. The number of fused-ring (bicyclic) bond motifs is 2. The van der Waals surface area contributed by atoms with Crippen LogP contribution in [-0.4, -0.2) is 19.7 Å². The Bertz CT molecular complexity index is 1080. The molecule has 0 N–H and O–H groups in total. The van der Waals surface area contributed by atoms with Crippen LogP contribution in [0, 0.1) is 6.92 Å². The van der Waals surface area contributed by atoms with Gasteiger partial charge in [-0.15, -0.1) is 0 Å². The van der Waals surface area contributed by atoms with Crippen LogP contribution in [0.4, 0.5) is 0 Å². The molecule has 2 aromatic carbocycles. The lowest BCUT2D eigenvalue weighted by Gasteiger charge is -2.11. The van der Waals surface area contributed by atoms with Gasteiger partial charge in [-0.25, -0.2) is 9.97 Å². The fourth-order valence-corrected chi connectivity index (χ4v) is 2.70. The maximum Gasteiger partial charge on any atom is 0.207 e. The smallest absolute Gasteiger partial charge is 0.207 e. The standard InChI is InChI=1S/C18H14N4O/c1-12-16(21-15-8-4-3-7-14(15)20-12)11-22-17-9-5-2-6-13(17)18(23)10-19-22/h2-10H,11H2,1H3. The van der Waals surface area contributed by atoms with E-state index in [0.29, 0.717) is 11.9 Å². The molecule has 0 aliphatic rings. The van der Waals surface area contributed by atoms with Crippen molar-refractivity contribution in [1.82, 2.24) is 19.7 Å². The van der Waals surface area contributed by atoms with E-state index in [0.717, 1.165) is 27.9 Å². The summed E-state index contributed by atoms with van der Waals surface area (Å²) >= 11 is 0. The number of rotatable bonds is 2. The molecule has 0 spiro atoms. The Morgan fingerprint density at radius 3 is 2.48 bits per heavy atom. The first-order valence-electron chi connectivity index (χ1n) is 7.39. The Hall–Kier alpha value is -3.08. The minimum Gasteiger partial charge on any atom is -0.287 e. The zero-order valence-corrected chi connectivity index (χ0v) is 12.6. The van der Waals surface area contributed by atoms with Gasteiger partial charge >= 0.3 is 0 Å². The van der Waals surface area contributed by atoms with Gasteiger partial charge in [-0.1, -0.05) is 24.3 Å². The predicted octanol–water partition coefficient (Wildman–Crippen LogP) is 2.70. The summed E-state index contributed by atoms with van der Waals surface area (Å²) in [6.45, 7) is 2.42. The Balaban J connectivity index is 1.87. The molecular formula is C18H14N4O. The summed E-state index contributed by atoms with van der Waals surface area (Å²) in [6, 6.07) is 15.3. The van der Waals surface area contributed by atoms with Gasteiger partial charge in [-0.3, -0.25) is 9.48 Å². The molecule has 0 fully saturated rings. The Labute approximate surface area is 132 Å². The first kappa shape index (κ1) is 13.6. The molecule has 0 amide bonds. The highest BCUT2D eigenvalue weighted by atomic mass is 16.1. The van der Waals surface area contributed by atoms with Gasteiger partial charge in [0.15, 0.2) is 0 Å². The highest BCUT2D eigenvalue weighted by Crippen LogP contribution is 2.15. The van der Waals surface area contributed by atoms with Gasteiger partial charge in [0, 0.05) is 5.39 Å². The van der Waals surface area contributed by atoms with E-state index in [4.69, 9.17) is 4.98 Å². The van der Waals surface area contributed by atoms with Gasteiger partial charge in [0.1, 0.15) is 0 Å². The predicted molar refractivity (Wildman–Crippen MR) is 89.4 cm³/mol. The quantitative estimate of drug-likeness (QED) is 0.571. The number of aromatic nitrogens is 4. The highest BCUT2D eigenvalue weighted by Gasteiger charge is 2.09. The van der Waals surface area contributed by atoms with Crippen LogP contribution >= 0.6 is 0 Å². The molecule has 4 aromatic rings. The Kier molecular flexibility index (Phi) is 3.12. The number of benzene rings is 2. The van der Waals surface area contributed by atoms with Crippen LogP contribution in [0.25, 0.3) is 21.9 Å². The normalized spacial score (nSPS) is 11.2. The molecule has 4 rings (SSSR count). The molecule has 0 bridgehead atoms. The molecule has 2 aromatic heterocycles. The zero-order valence-electron chi connectivity index (χ0n) is 12.6. The van der Waals surface area contributed by atoms with Crippen molar-refractivity contribution in [3.05, 3.63) is 76.3 Å². The summed E-state index contributed by atoms with van der Waals surface area (Å²) in [5, 5.41) is 4.92. The molecule has 0 atom stereocenters. The molecule has 0 saturated carbocycles. The van der Waals surface area contributed by atoms with Crippen LogP contribution in [0.1, 0.15) is 11.4 Å². The molecule has 0 unspecified atom stereocenters. The molecule has 5 heteroatoms. The van der Waals surface area contributed by atoms with E-state index in [-0.39, 0.29) is 5.43 Å². The average molecular weight is 302 g/mol. The van der Waals surface area contributed by atoms with E-state index in [1.807, 2.05) is 55.5 Å². The van der Waals surface area contributed by atoms with Gasteiger partial charge in [-0.05, 0) is 31.2 Å². The van der Waals surface area contributed by atoms with Crippen LogP contribution in [-0.2, 0) is 6.54 Å². The van der Waals surface area contributed by atoms with Crippen molar-refractivity contribution in [2.75, 3.05) is 0 Å². The summed E-state index contributed by atoms with van der Waals surface area (Å²) < 4.78 is 1.79. The summed E-state index contributed by atoms with van der Waals surface area (Å²) in [7, 11) is 0. The number of aryl methyl sites for hydroxylation is 1. The minimum absolute atomic E-state index is 0.0711. The molecular weight excluding hydrogens is 288 g/mol. The second-order valence-electron chi connectivity index (χ2n) is 5.43. The van der Waals surface area contributed by atoms with Crippen LogP contribution in [0.15, 0.2) is 59.5 Å². The first-order valence-corrected chi connectivity index (χ1v) is 7.39. The number of para-hydroxylation sites is 3. The van der Waals surface area contributed by atoms with Crippen molar-refractivity contribution in [2.45, 2.75) is 13.5 Å². The molecule has 23 heavy (non-hydrogen) atoms. The third-order valence-electron chi connectivity index (χ3n) is 3.90. The topological polar surface area (TPSA) is 60.7 Å². The van der Waals surface area contributed by atoms with Gasteiger partial charge in [0.2, 0.25) is 5.43 Å². The van der Waals surface area contributed by atoms with Crippen molar-refractivity contribution in [1.29, 1.82) is 0 Å². The molecule has 0 aliphatic carbocycles. The number of hydrogen-bond donors (Lipinski definition) is 0. The van der Waals surface area contributed by atoms with Gasteiger partial charge in [-0.2, -0.15) is 5.10 Å². The maximum absolute atomic E-state index is 11.9. The van der Waals surface area contributed by atoms with Crippen LogP contribution < -0.4 is 5.43 Å². The summed E-state index contributed by atoms with van der Waals surface area (Å²) in [5.41, 5.74) is 4.19. The van der Waals surface area contributed by atoms with E-state index in [9.17, 15) is 4.79 Å². The summed E-state index contributed by atoms with van der Waals surface area (Å²) in [5.74, 6) is 0. The lowest BCUT2D eigenvalue weighted by atomic mass is 10.2. The van der Waals surface area contributed by atoms with E-state index >= 15 is 0 Å². The third kappa shape index (κ3) is 2.36. The largest absolute Gasteiger partial charge is 0.287 e. The zero-order chi connectivity index (χ0) is 15.8. The van der Waals surface area contributed by atoms with Crippen LogP contribution in [0.2, 0.25) is 0 Å². The monoisotopic (exact) mass is 302 g/mol. The van der Waals surface area contributed by atoms with E-state index in [1.165, 1.54) is 6.20 Å². The van der Waals surface area contributed by atoms with Gasteiger partial charge in [0.25, 0.3) is 0 Å². The molecule has 0 aliphatic heterocycles. The summed E-state index contributed by atoms with van der Waals surface area (Å²) in [6.07, 6.45) is 1.35. The van der Waals surface area contributed by atoms with E-state index in [1.54, 1.807) is 4.68 Å². The first-order chi connectivity index (χ1) is 11.2. The lowest BCUT2D eigenvalue weighted by molar-refractivity contribution is 0.676. The van der Waals surface area contributed by atoms with E-state index in [2.05, 4.69) is 10.1 Å². The van der Waals surface area contributed by atoms with Crippen LogP contribution in [0.3, 0.4) is 0 Å². The highest BCUT2D eigenvalue weighted by molar-refractivity contribution is 5.78. The van der Waals surface area contributed by atoms with Crippen molar-refractivity contribution in [3.8, 4) is 0 Å². The molecule has 2 heterocycles. The molecule has 0 radical (unpaired) electrons. The second kappa shape index (κ2) is 5.28. The molecule has 5 nitrogen and oxygen atoms in total. The average Bonchev–Trinajstić information content (AvgIpc) is 2.58. The second-order valence-corrected chi connectivity index (χ2v) is 5.43. The van der Waals surface area contributed by atoms with Crippen LogP contribution in [0.5, 0.6) is 0 Å². The van der Waals surface area contributed by atoms with E-state index < -0.39 is 0 Å². The van der Waals surface area contributed by atoms with Crippen molar-refractivity contribution >= 4 is 21.9 Å². The summed E-state index contributed by atoms with van der Waals surface area (Å²) in [4.78, 5) is 21.2. The number of hydrogen-bond acceptors (Lipinski definition) is 4. The lowest BCUT2D eigenvalue weighted by Crippen LogP contribution is -2.14. The number of nitrogens with zero attached hydrogens (tertiary/aromatic N) is 4. The van der Waals surface area contributed by atoms with Crippen molar-refractivity contribution < 1.29 is 0 Å². The van der Waals surface area contributed by atoms with Gasteiger partial charge < -0.3 is 0 Å². The fourth-order valence-electron chi connectivity index (χ4n) is 2.70. The Morgan fingerprint density at radius 2 is 1.65 bits per heavy atom. The third-order valence-corrected chi connectivity index (χ3v) is 3.90. The minimum atomic E-state index is -0.0711. The fraction of sp³-hybridized carbons (Fsp3) is 0.111. The molecule has 112 valence electrons. The van der Waals surface area contributed by atoms with Gasteiger partial charge in [0.05, 0.1) is 40.7 Å². The van der Waals surface area contributed by atoms with Crippen molar-refractivity contribution in [3.63, 3.8) is 0 Å². The SMILES string of the molecule is Cc1nc2ccccc2nc1Cn1ncc(=O)c2ccccc21.